The average Bonchev–Trinajstić information content (AvgIpc) is 3.07. The van der Waals surface area contributed by atoms with Gasteiger partial charge in [0.05, 0.1) is 10.6 Å². The molecule has 1 N–H and O–H groups in total. The van der Waals surface area contributed by atoms with Crippen molar-refractivity contribution in [3.8, 4) is 0 Å². The van der Waals surface area contributed by atoms with Crippen molar-refractivity contribution in [1.82, 2.24) is 10.2 Å². The summed E-state index contributed by atoms with van der Waals surface area (Å²) in [5.41, 5.74) is 3.19. The average molecular weight is 750 g/mol. The van der Waals surface area contributed by atoms with Crippen LogP contribution in [0.25, 0.3) is 0 Å². The number of halogens is 1. The Kier molecular flexibility index (Phi) is 11.5. The van der Waals surface area contributed by atoms with Crippen molar-refractivity contribution in [3.05, 3.63) is 129 Å². The van der Waals surface area contributed by atoms with E-state index >= 15 is 0 Å². The van der Waals surface area contributed by atoms with E-state index in [0.717, 1.165) is 56.7 Å². The van der Waals surface area contributed by atoms with Gasteiger partial charge in [0.25, 0.3) is 10.0 Å². The summed E-state index contributed by atoms with van der Waals surface area (Å²) in [4.78, 5) is 30.5. The normalized spacial score (nSPS) is 14.3. The smallest absolute Gasteiger partial charge is 0.264 e. The Hall–Kier alpha value is -3.70. The molecule has 0 saturated heterocycles. The monoisotopic (exact) mass is 749 g/mol. The van der Waals surface area contributed by atoms with Crippen LogP contribution in [0.1, 0.15) is 48.8 Å². The van der Waals surface area contributed by atoms with Crippen LogP contribution in [0.15, 0.2) is 114 Å². The summed E-state index contributed by atoms with van der Waals surface area (Å²) in [6.45, 7) is 1.67. The van der Waals surface area contributed by atoms with Crippen LogP contribution in [-0.2, 0) is 32.6 Å². The summed E-state index contributed by atoms with van der Waals surface area (Å²) in [7, 11) is -4.12. The van der Waals surface area contributed by atoms with Crippen molar-refractivity contribution in [2.24, 2.45) is 0 Å². The molecule has 4 aromatic carbocycles. The second-order valence-electron chi connectivity index (χ2n) is 11.9. The number of carbonyl (C=O) groups is 2. The summed E-state index contributed by atoms with van der Waals surface area (Å²) >= 11 is 2.16. The molecule has 240 valence electrons. The Morgan fingerprint density at radius 3 is 2.11 bits per heavy atom. The van der Waals surface area contributed by atoms with E-state index in [0.29, 0.717) is 12.1 Å². The largest absolute Gasteiger partial charge is 0.352 e. The highest BCUT2D eigenvalue weighted by Crippen LogP contribution is 2.26. The van der Waals surface area contributed by atoms with E-state index in [4.69, 9.17) is 0 Å². The minimum atomic E-state index is -4.12. The number of nitrogens with one attached hydrogen (secondary N) is 1. The Labute approximate surface area is 286 Å². The number of aryl methyl sites for hydroxylation is 1. The molecule has 2 amide bonds. The summed E-state index contributed by atoms with van der Waals surface area (Å²) < 4.78 is 30.3. The standard InChI is InChI=1S/C37H40IN3O4S/c1-28-12-11-15-30(24-28)26-40(35(25-29-13-5-2-6-14-29)37(43)39-32-16-7-3-8-17-32)36(42)27-41(33-22-20-31(38)21-23-33)46(44,45)34-18-9-4-10-19-34/h2,4-6,9-15,18-24,32,35H,3,7-8,16-17,25-27H2,1H3,(H,39,43)/t35-/m1/s1. The van der Waals surface area contributed by atoms with Crippen molar-refractivity contribution in [3.63, 3.8) is 0 Å². The molecule has 1 aliphatic rings. The quantitative estimate of drug-likeness (QED) is 0.160. The minimum Gasteiger partial charge on any atom is -0.352 e. The first-order chi connectivity index (χ1) is 22.2. The Morgan fingerprint density at radius 1 is 0.826 bits per heavy atom. The third-order valence-electron chi connectivity index (χ3n) is 8.38. The van der Waals surface area contributed by atoms with Crippen LogP contribution in [0.4, 0.5) is 5.69 Å². The van der Waals surface area contributed by atoms with E-state index < -0.39 is 28.5 Å². The maximum atomic E-state index is 14.6. The molecule has 0 heterocycles. The van der Waals surface area contributed by atoms with E-state index in [9.17, 15) is 18.0 Å². The van der Waals surface area contributed by atoms with Crippen molar-refractivity contribution in [2.75, 3.05) is 10.8 Å². The number of hydrogen-bond acceptors (Lipinski definition) is 4. The zero-order valence-electron chi connectivity index (χ0n) is 26.0. The molecule has 0 radical (unpaired) electrons. The predicted molar refractivity (Wildman–Crippen MR) is 191 cm³/mol. The van der Waals surface area contributed by atoms with Crippen molar-refractivity contribution in [1.29, 1.82) is 0 Å². The summed E-state index contributed by atoms with van der Waals surface area (Å²) in [6.07, 6.45) is 5.39. The van der Waals surface area contributed by atoms with Gasteiger partial charge in [0.1, 0.15) is 12.6 Å². The molecule has 0 unspecified atom stereocenters. The van der Waals surface area contributed by atoms with Crippen molar-refractivity contribution < 1.29 is 18.0 Å². The van der Waals surface area contributed by atoms with Gasteiger partial charge in [0, 0.05) is 22.6 Å². The first-order valence-corrected chi connectivity index (χ1v) is 18.3. The SMILES string of the molecule is Cc1cccc(CN(C(=O)CN(c2ccc(I)cc2)S(=O)(=O)c2ccccc2)[C@H](Cc2ccccc2)C(=O)NC2CCCCC2)c1. The molecule has 4 aromatic rings. The van der Waals surface area contributed by atoms with E-state index in [1.807, 2.05) is 73.7 Å². The number of sulfonamides is 1. The topological polar surface area (TPSA) is 86.8 Å². The number of amides is 2. The maximum absolute atomic E-state index is 14.6. The lowest BCUT2D eigenvalue weighted by Gasteiger charge is -2.35. The Bertz CT molecular complexity index is 1710. The number of rotatable bonds is 12. The van der Waals surface area contributed by atoms with Crippen LogP contribution in [0, 0.1) is 10.5 Å². The van der Waals surface area contributed by atoms with Crippen LogP contribution in [0.2, 0.25) is 0 Å². The van der Waals surface area contributed by atoms with Gasteiger partial charge in [-0.2, -0.15) is 0 Å². The van der Waals surface area contributed by atoms with E-state index in [1.165, 1.54) is 12.1 Å². The molecule has 1 saturated carbocycles. The summed E-state index contributed by atoms with van der Waals surface area (Å²) in [5, 5.41) is 3.25. The van der Waals surface area contributed by atoms with Crippen LogP contribution >= 0.6 is 22.6 Å². The van der Waals surface area contributed by atoms with Crippen LogP contribution in [-0.4, -0.2) is 43.8 Å². The zero-order chi connectivity index (χ0) is 32.5. The minimum absolute atomic E-state index is 0.0530. The molecule has 46 heavy (non-hydrogen) atoms. The molecule has 0 aromatic heterocycles. The molecule has 0 aliphatic heterocycles. The number of anilines is 1. The van der Waals surface area contributed by atoms with Gasteiger partial charge >= 0.3 is 0 Å². The molecular weight excluding hydrogens is 709 g/mol. The van der Waals surface area contributed by atoms with Crippen molar-refractivity contribution in [2.45, 2.75) is 69.0 Å². The summed E-state index contributed by atoms with van der Waals surface area (Å²) in [6, 6.07) is 31.9. The third-order valence-corrected chi connectivity index (χ3v) is 10.9. The van der Waals surface area contributed by atoms with Gasteiger partial charge in [-0.05, 0) is 89.9 Å². The highest BCUT2D eigenvalue weighted by molar-refractivity contribution is 14.1. The van der Waals surface area contributed by atoms with E-state index in [1.54, 1.807) is 35.2 Å². The van der Waals surface area contributed by atoms with Gasteiger partial charge in [0.2, 0.25) is 11.8 Å². The molecule has 1 atom stereocenters. The first-order valence-electron chi connectivity index (χ1n) is 15.7. The fraction of sp³-hybridized carbons (Fsp3) is 0.297. The van der Waals surface area contributed by atoms with Gasteiger partial charge in [-0.25, -0.2) is 8.42 Å². The molecule has 9 heteroatoms. The van der Waals surface area contributed by atoms with Crippen LogP contribution in [0.5, 0.6) is 0 Å². The fourth-order valence-corrected chi connectivity index (χ4v) is 7.76. The van der Waals surface area contributed by atoms with Gasteiger partial charge in [0.15, 0.2) is 0 Å². The third kappa shape index (κ3) is 8.76. The van der Waals surface area contributed by atoms with Crippen molar-refractivity contribution >= 4 is 50.1 Å². The lowest BCUT2D eigenvalue weighted by molar-refractivity contribution is -0.140. The summed E-state index contributed by atoms with van der Waals surface area (Å²) in [5.74, 6) is -0.678. The predicted octanol–water partition coefficient (Wildman–Crippen LogP) is 6.88. The van der Waals surface area contributed by atoms with E-state index in [-0.39, 0.29) is 23.4 Å². The van der Waals surface area contributed by atoms with Crippen LogP contribution < -0.4 is 9.62 Å². The molecule has 7 nitrogen and oxygen atoms in total. The Morgan fingerprint density at radius 2 is 1.46 bits per heavy atom. The lowest BCUT2D eigenvalue weighted by atomic mass is 9.94. The molecule has 5 rings (SSSR count). The number of benzene rings is 4. The Balaban J connectivity index is 1.55. The number of carbonyl (C=O) groups excluding carboxylic acids is 2. The lowest BCUT2D eigenvalue weighted by Crippen LogP contribution is -2.55. The zero-order valence-corrected chi connectivity index (χ0v) is 29.0. The maximum Gasteiger partial charge on any atom is 0.264 e. The second kappa shape index (κ2) is 15.7. The van der Waals surface area contributed by atoms with E-state index in [2.05, 4.69) is 27.9 Å². The molecule has 0 bridgehead atoms. The molecule has 1 aliphatic carbocycles. The number of hydrogen-bond donors (Lipinski definition) is 1. The highest BCUT2D eigenvalue weighted by Gasteiger charge is 2.35. The van der Waals surface area contributed by atoms with Crippen LogP contribution in [0.3, 0.4) is 0 Å². The van der Waals surface area contributed by atoms with Gasteiger partial charge in [-0.3, -0.25) is 13.9 Å². The van der Waals surface area contributed by atoms with Gasteiger partial charge < -0.3 is 10.2 Å². The fourth-order valence-electron chi connectivity index (χ4n) is 5.96. The highest BCUT2D eigenvalue weighted by atomic mass is 127. The molecule has 0 spiro atoms. The molecule has 1 fully saturated rings. The van der Waals surface area contributed by atoms with Gasteiger partial charge in [-0.15, -0.1) is 0 Å². The van der Waals surface area contributed by atoms with Gasteiger partial charge in [-0.1, -0.05) is 97.6 Å². The first kappa shape index (κ1) is 33.7. The molecular formula is C37H40IN3O4S. The number of nitrogens with zero attached hydrogens (tertiary/aromatic N) is 2. The second-order valence-corrected chi connectivity index (χ2v) is 15.0.